The summed E-state index contributed by atoms with van der Waals surface area (Å²) in [5.74, 6) is 0. The van der Waals surface area contributed by atoms with Gasteiger partial charge in [0.05, 0.1) is 12.0 Å². The molecule has 2 aromatic rings. The van der Waals surface area contributed by atoms with Crippen LogP contribution in [0.1, 0.15) is 25.1 Å². The molecule has 1 atom stereocenters. The van der Waals surface area contributed by atoms with Crippen LogP contribution in [0.3, 0.4) is 0 Å². The van der Waals surface area contributed by atoms with Gasteiger partial charge in [-0.05, 0) is 12.5 Å². The number of hydrogen-bond acceptors (Lipinski definition) is 4. The first-order valence-electron chi connectivity index (χ1n) is 4.55. The molecule has 0 aliphatic rings. The highest BCUT2D eigenvalue weighted by Crippen LogP contribution is 2.26. The third kappa shape index (κ3) is 1.71. The first-order chi connectivity index (χ1) is 6.81. The van der Waals surface area contributed by atoms with Gasteiger partial charge in [0, 0.05) is 17.0 Å². The largest absolute Gasteiger partial charge is 0.472 e. The second-order valence-corrected chi connectivity index (χ2v) is 3.96. The summed E-state index contributed by atoms with van der Waals surface area (Å²) in [5, 5.41) is 2.98. The van der Waals surface area contributed by atoms with Crippen LogP contribution in [0.2, 0.25) is 0 Å². The Morgan fingerprint density at radius 2 is 2.50 bits per heavy atom. The summed E-state index contributed by atoms with van der Waals surface area (Å²) in [5.41, 5.74) is 7.87. The fourth-order valence-corrected chi connectivity index (χ4v) is 2.05. The highest BCUT2D eigenvalue weighted by atomic mass is 32.1. The molecular formula is C10H12N2OS. The van der Waals surface area contributed by atoms with Gasteiger partial charge in [-0.3, -0.25) is 0 Å². The Morgan fingerprint density at radius 1 is 1.64 bits per heavy atom. The van der Waals surface area contributed by atoms with E-state index in [4.69, 9.17) is 10.2 Å². The third-order valence-corrected chi connectivity index (χ3v) is 3.02. The minimum Gasteiger partial charge on any atom is -0.472 e. The highest BCUT2D eigenvalue weighted by molar-refractivity contribution is 7.13. The lowest BCUT2D eigenvalue weighted by molar-refractivity contribution is 0.568. The smallest absolute Gasteiger partial charge is 0.126 e. The summed E-state index contributed by atoms with van der Waals surface area (Å²) in [6, 6.07) is 1.95. The molecule has 0 saturated carbocycles. The number of aromatic nitrogens is 1. The fraction of sp³-hybridized carbons (Fsp3) is 0.300. The minimum absolute atomic E-state index is 0.0481. The van der Waals surface area contributed by atoms with Gasteiger partial charge in [-0.25, -0.2) is 4.98 Å². The molecule has 0 bridgehead atoms. The molecule has 14 heavy (non-hydrogen) atoms. The maximum atomic E-state index is 5.88. The summed E-state index contributed by atoms with van der Waals surface area (Å²) in [4.78, 5) is 4.46. The van der Waals surface area contributed by atoms with Crippen molar-refractivity contribution < 1.29 is 4.42 Å². The minimum atomic E-state index is 0.0481. The fourth-order valence-electron chi connectivity index (χ4n) is 1.18. The standard InChI is InChI=1S/C10H12N2OS/c1-2-8(11)9-6-14-10(12-9)7-3-4-13-5-7/h3-6,8H,2,11H2,1H3. The number of thiazole rings is 1. The van der Waals surface area contributed by atoms with Gasteiger partial charge in [-0.2, -0.15) is 0 Å². The van der Waals surface area contributed by atoms with E-state index in [9.17, 15) is 0 Å². The van der Waals surface area contributed by atoms with Gasteiger partial charge in [0.2, 0.25) is 0 Å². The van der Waals surface area contributed by atoms with Crippen LogP contribution in [-0.4, -0.2) is 4.98 Å². The van der Waals surface area contributed by atoms with E-state index in [0.29, 0.717) is 0 Å². The molecule has 4 heteroatoms. The second-order valence-electron chi connectivity index (χ2n) is 3.10. The molecule has 74 valence electrons. The van der Waals surface area contributed by atoms with E-state index in [2.05, 4.69) is 11.9 Å². The Morgan fingerprint density at radius 3 is 3.14 bits per heavy atom. The van der Waals surface area contributed by atoms with Crippen molar-refractivity contribution in [3.8, 4) is 10.6 Å². The first-order valence-corrected chi connectivity index (χ1v) is 5.42. The predicted molar refractivity (Wildman–Crippen MR) is 57.0 cm³/mol. The van der Waals surface area contributed by atoms with Crippen LogP contribution >= 0.6 is 11.3 Å². The van der Waals surface area contributed by atoms with Crippen LogP contribution < -0.4 is 5.73 Å². The van der Waals surface area contributed by atoms with Crippen molar-refractivity contribution in [2.75, 3.05) is 0 Å². The van der Waals surface area contributed by atoms with E-state index in [1.165, 1.54) is 0 Å². The van der Waals surface area contributed by atoms with Crippen molar-refractivity contribution in [2.24, 2.45) is 5.73 Å². The number of furan rings is 1. The van der Waals surface area contributed by atoms with E-state index in [1.807, 2.05) is 11.4 Å². The van der Waals surface area contributed by atoms with E-state index in [1.54, 1.807) is 23.9 Å². The van der Waals surface area contributed by atoms with Gasteiger partial charge >= 0.3 is 0 Å². The molecule has 0 spiro atoms. The summed E-state index contributed by atoms with van der Waals surface area (Å²) in [6.07, 6.45) is 4.25. The molecule has 2 rings (SSSR count). The lowest BCUT2D eigenvalue weighted by Crippen LogP contribution is -2.08. The lowest BCUT2D eigenvalue weighted by Gasteiger charge is -2.02. The van der Waals surface area contributed by atoms with Gasteiger partial charge in [-0.1, -0.05) is 6.92 Å². The summed E-state index contributed by atoms with van der Waals surface area (Å²) in [6.45, 7) is 2.06. The average Bonchev–Trinajstić information content (AvgIpc) is 2.86. The zero-order valence-corrected chi connectivity index (χ0v) is 8.75. The van der Waals surface area contributed by atoms with E-state index >= 15 is 0 Å². The number of hydrogen-bond donors (Lipinski definition) is 1. The van der Waals surface area contributed by atoms with Crippen molar-refractivity contribution >= 4 is 11.3 Å². The number of nitrogens with zero attached hydrogens (tertiary/aromatic N) is 1. The van der Waals surface area contributed by atoms with Gasteiger partial charge in [-0.15, -0.1) is 11.3 Å². The molecule has 0 aliphatic carbocycles. The Hall–Kier alpha value is -1.13. The monoisotopic (exact) mass is 208 g/mol. The van der Waals surface area contributed by atoms with Crippen molar-refractivity contribution in [1.29, 1.82) is 0 Å². The van der Waals surface area contributed by atoms with E-state index in [-0.39, 0.29) is 6.04 Å². The van der Waals surface area contributed by atoms with Gasteiger partial charge in [0.15, 0.2) is 0 Å². The number of rotatable bonds is 3. The van der Waals surface area contributed by atoms with E-state index in [0.717, 1.165) is 22.7 Å². The second kappa shape index (κ2) is 3.94. The van der Waals surface area contributed by atoms with Crippen LogP contribution in [0, 0.1) is 0 Å². The van der Waals surface area contributed by atoms with E-state index < -0.39 is 0 Å². The number of nitrogens with two attached hydrogens (primary N) is 1. The summed E-state index contributed by atoms with van der Waals surface area (Å²) >= 11 is 1.60. The SMILES string of the molecule is CCC(N)c1csc(-c2ccoc2)n1. The maximum Gasteiger partial charge on any atom is 0.126 e. The maximum absolute atomic E-state index is 5.88. The Labute approximate surface area is 86.6 Å². The molecule has 0 aliphatic heterocycles. The highest BCUT2D eigenvalue weighted by Gasteiger charge is 2.10. The van der Waals surface area contributed by atoms with Crippen LogP contribution in [0.25, 0.3) is 10.6 Å². The molecule has 0 fully saturated rings. The quantitative estimate of drug-likeness (QED) is 0.843. The molecule has 0 amide bonds. The summed E-state index contributed by atoms with van der Waals surface area (Å²) < 4.78 is 5.00. The molecule has 2 N–H and O–H groups in total. The molecular weight excluding hydrogens is 196 g/mol. The Kier molecular flexibility index (Phi) is 2.65. The molecule has 0 radical (unpaired) electrons. The van der Waals surface area contributed by atoms with Gasteiger partial charge in [0.25, 0.3) is 0 Å². The van der Waals surface area contributed by atoms with Crippen molar-refractivity contribution in [3.63, 3.8) is 0 Å². The Balaban J connectivity index is 2.26. The summed E-state index contributed by atoms with van der Waals surface area (Å²) in [7, 11) is 0. The predicted octanol–water partition coefficient (Wildman–Crippen LogP) is 2.81. The molecule has 0 saturated heterocycles. The lowest BCUT2D eigenvalue weighted by atomic mass is 10.2. The van der Waals surface area contributed by atoms with Crippen molar-refractivity contribution in [1.82, 2.24) is 4.98 Å². The molecule has 0 aromatic carbocycles. The Bertz CT molecular complexity index is 394. The molecule has 3 nitrogen and oxygen atoms in total. The molecule has 2 heterocycles. The van der Waals surface area contributed by atoms with Gasteiger partial charge in [0.1, 0.15) is 11.3 Å². The zero-order valence-electron chi connectivity index (χ0n) is 7.93. The van der Waals surface area contributed by atoms with Crippen molar-refractivity contribution in [3.05, 3.63) is 29.7 Å². The van der Waals surface area contributed by atoms with Crippen LogP contribution in [-0.2, 0) is 0 Å². The average molecular weight is 208 g/mol. The van der Waals surface area contributed by atoms with Crippen LogP contribution in [0.15, 0.2) is 28.4 Å². The molecule has 2 aromatic heterocycles. The normalized spacial score (nSPS) is 13.0. The topological polar surface area (TPSA) is 52.0 Å². The van der Waals surface area contributed by atoms with Gasteiger partial charge < -0.3 is 10.2 Å². The first kappa shape index (κ1) is 9.43. The third-order valence-electron chi connectivity index (χ3n) is 2.11. The zero-order chi connectivity index (χ0) is 9.97. The van der Waals surface area contributed by atoms with Crippen LogP contribution in [0.4, 0.5) is 0 Å². The molecule has 1 unspecified atom stereocenters. The van der Waals surface area contributed by atoms with Crippen LogP contribution in [0.5, 0.6) is 0 Å². The van der Waals surface area contributed by atoms with Crippen molar-refractivity contribution in [2.45, 2.75) is 19.4 Å².